The van der Waals surface area contributed by atoms with Gasteiger partial charge in [0.15, 0.2) is 0 Å². The molecule has 2 nitrogen and oxygen atoms in total. The van der Waals surface area contributed by atoms with Crippen LogP contribution in [0.4, 0.5) is 0 Å². The fraction of sp³-hybridized carbons (Fsp3) is 0.414. The molecular formula is C29H36N2. The molecular weight excluding hydrogens is 376 g/mol. The molecule has 4 aromatic rings. The van der Waals surface area contributed by atoms with E-state index in [9.17, 15) is 0 Å². The van der Waals surface area contributed by atoms with E-state index in [1.807, 2.05) is 0 Å². The van der Waals surface area contributed by atoms with Crippen molar-refractivity contribution < 1.29 is 0 Å². The summed E-state index contributed by atoms with van der Waals surface area (Å²) in [5.74, 6) is 0. The molecule has 162 valence electrons. The number of aliphatic imine (C=N–C) groups is 1. The number of hydrogen-bond acceptors (Lipinski definition) is 2. The molecule has 0 saturated carbocycles. The zero-order valence-corrected chi connectivity index (χ0v) is 18.8. The summed E-state index contributed by atoms with van der Waals surface area (Å²) >= 11 is 0. The SMILES string of the molecule is NCCCCCCCCCCCCN=Cc1ccc2ccc3cccc4ccc1c2c34. The van der Waals surface area contributed by atoms with E-state index in [2.05, 4.69) is 60.8 Å². The molecule has 31 heavy (non-hydrogen) atoms. The Bertz CT molecular complexity index is 1100. The number of nitrogens with two attached hydrogens (primary N) is 1. The fourth-order valence-corrected chi connectivity index (χ4v) is 4.79. The summed E-state index contributed by atoms with van der Waals surface area (Å²) in [5.41, 5.74) is 6.77. The minimum Gasteiger partial charge on any atom is -0.330 e. The van der Waals surface area contributed by atoms with Gasteiger partial charge in [0.05, 0.1) is 0 Å². The summed E-state index contributed by atoms with van der Waals surface area (Å²) in [5, 5.41) is 8.03. The van der Waals surface area contributed by atoms with Crippen LogP contribution < -0.4 is 5.73 Å². The van der Waals surface area contributed by atoms with Crippen LogP contribution in [0.25, 0.3) is 32.3 Å². The van der Waals surface area contributed by atoms with Crippen molar-refractivity contribution in [2.75, 3.05) is 13.1 Å². The van der Waals surface area contributed by atoms with Crippen molar-refractivity contribution in [1.29, 1.82) is 0 Å². The van der Waals surface area contributed by atoms with Crippen LogP contribution in [0.1, 0.15) is 69.8 Å². The Hall–Kier alpha value is -2.45. The van der Waals surface area contributed by atoms with Gasteiger partial charge >= 0.3 is 0 Å². The van der Waals surface area contributed by atoms with Crippen molar-refractivity contribution in [3.8, 4) is 0 Å². The van der Waals surface area contributed by atoms with Crippen LogP contribution in [0.15, 0.2) is 59.6 Å². The van der Waals surface area contributed by atoms with Gasteiger partial charge in [-0.05, 0) is 51.7 Å². The van der Waals surface area contributed by atoms with E-state index in [0.717, 1.165) is 13.1 Å². The lowest BCUT2D eigenvalue weighted by Gasteiger charge is -2.12. The smallest absolute Gasteiger partial charge is 0.0389 e. The highest BCUT2D eigenvalue weighted by molar-refractivity contribution is 6.25. The van der Waals surface area contributed by atoms with Gasteiger partial charge in [0, 0.05) is 18.3 Å². The Morgan fingerprint density at radius 3 is 1.81 bits per heavy atom. The van der Waals surface area contributed by atoms with Crippen molar-refractivity contribution in [3.63, 3.8) is 0 Å². The second kappa shape index (κ2) is 11.2. The van der Waals surface area contributed by atoms with Gasteiger partial charge in [-0.3, -0.25) is 4.99 Å². The minimum atomic E-state index is 0.846. The average Bonchev–Trinajstić information content (AvgIpc) is 2.81. The third-order valence-corrected chi connectivity index (χ3v) is 6.53. The first-order valence-corrected chi connectivity index (χ1v) is 12.2. The molecule has 0 fully saturated rings. The van der Waals surface area contributed by atoms with Crippen molar-refractivity contribution in [3.05, 3.63) is 60.2 Å². The van der Waals surface area contributed by atoms with Crippen LogP contribution in [0.2, 0.25) is 0 Å². The predicted molar refractivity (Wildman–Crippen MR) is 138 cm³/mol. The van der Waals surface area contributed by atoms with E-state index < -0.39 is 0 Å². The van der Waals surface area contributed by atoms with E-state index >= 15 is 0 Å². The molecule has 0 aliphatic rings. The molecule has 0 atom stereocenters. The van der Waals surface area contributed by atoms with Gasteiger partial charge in [0.1, 0.15) is 0 Å². The van der Waals surface area contributed by atoms with Gasteiger partial charge in [0.25, 0.3) is 0 Å². The molecule has 0 aliphatic carbocycles. The molecule has 4 aromatic carbocycles. The predicted octanol–water partition coefficient (Wildman–Crippen LogP) is 7.86. The standard InChI is InChI=1S/C29H36N2/c30-20-9-7-5-3-1-2-4-6-8-10-21-31-22-26-17-16-25-15-14-23-12-11-13-24-18-19-27(26)29(25)28(23)24/h11-19,22H,1-10,20-21,30H2. The summed E-state index contributed by atoms with van der Waals surface area (Å²) in [6, 6.07) is 20.0. The number of rotatable bonds is 13. The fourth-order valence-electron chi connectivity index (χ4n) is 4.79. The third kappa shape index (κ3) is 5.43. The highest BCUT2D eigenvalue weighted by atomic mass is 14.7. The van der Waals surface area contributed by atoms with Crippen molar-refractivity contribution in [1.82, 2.24) is 0 Å². The van der Waals surface area contributed by atoms with Gasteiger partial charge in [-0.2, -0.15) is 0 Å². The van der Waals surface area contributed by atoms with Gasteiger partial charge in [-0.15, -0.1) is 0 Å². The second-order valence-electron chi connectivity index (χ2n) is 8.87. The van der Waals surface area contributed by atoms with Crippen molar-refractivity contribution in [2.24, 2.45) is 10.7 Å². The number of benzene rings is 4. The lowest BCUT2D eigenvalue weighted by Crippen LogP contribution is -1.97. The first-order valence-electron chi connectivity index (χ1n) is 12.2. The van der Waals surface area contributed by atoms with Crippen LogP contribution in [0.3, 0.4) is 0 Å². The van der Waals surface area contributed by atoms with Gasteiger partial charge in [-0.1, -0.05) is 106 Å². The maximum atomic E-state index is 5.54. The Morgan fingerprint density at radius 1 is 0.581 bits per heavy atom. The summed E-state index contributed by atoms with van der Waals surface area (Å²) in [6.45, 7) is 1.78. The molecule has 0 bridgehead atoms. The topological polar surface area (TPSA) is 38.4 Å². The molecule has 0 spiro atoms. The summed E-state index contributed by atoms with van der Waals surface area (Å²) in [4.78, 5) is 4.76. The van der Waals surface area contributed by atoms with Gasteiger partial charge in [-0.25, -0.2) is 0 Å². The molecule has 0 amide bonds. The zero-order valence-electron chi connectivity index (χ0n) is 18.8. The molecule has 4 rings (SSSR count). The monoisotopic (exact) mass is 412 g/mol. The highest BCUT2D eigenvalue weighted by Crippen LogP contribution is 2.35. The minimum absolute atomic E-state index is 0.846. The van der Waals surface area contributed by atoms with E-state index in [-0.39, 0.29) is 0 Å². The van der Waals surface area contributed by atoms with Crippen LogP contribution in [-0.4, -0.2) is 19.3 Å². The van der Waals surface area contributed by atoms with Gasteiger partial charge < -0.3 is 5.73 Å². The van der Waals surface area contributed by atoms with Crippen LogP contribution in [0.5, 0.6) is 0 Å². The van der Waals surface area contributed by atoms with Crippen LogP contribution in [-0.2, 0) is 0 Å². The third-order valence-electron chi connectivity index (χ3n) is 6.53. The molecule has 2 heteroatoms. The Morgan fingerprint density at radius 2 is 1.13 bits per heavy atom. The van der Waals surface area contributed by atoms with E-state index in [1.54, 1.807) is 0 Å². The summed E-state index contributed by atoms with van der Waals surface area (Å²) in [7, 11) is 0. The summed E-state index contributed by atoms with van der Waals surface area (Å²) in [6.07, 6.45) is 15.3. The first-order chi connectivity index (χ1) is 15.4. The molecule has 2 N–H and O–H groups in total. The zero-order chi connectivity index (χ0) is 21.3. The number of hydrogen-bond donors (Lipinski definition) is 1. The Balaban J connectivity index is 1.26. The molecule has 0 radical (unpaired) electrons. The lowest BCUT2D eigenvalue weighted by molar-refractivity contribution is 0.554. The molecule has 0 unspecified atom stereocenters. The Labute approximate surface area is 186 Å². The van der Waals surface area contributed by atoms with Crippen molar-refractivity contribution >= 4 is 38.5 Å². The normalized spacial score (nSPS) is 12.2. The van der Waals surface area contributed by atoms with E-state index in [4.69, 9.17) is 10.7 Å². The van der Waals surface area contributed by atoms with E-state index in [0.29, 0.717) is 0 Å². The maximum Gasteiger partial charge on any atom is 0.0389 e. The molecule has 0 saturated heterocycles. The highest BCUT2D eigenvalue weighted by Gasteiger charge is 2.09. The number of nitrogens with zero attached hydrogens (tertiary/aromatic N) is 1. The van der Waals surface area contributed by atoms with Crippen LogP contribution in [0, 0.1) is 0 Å². The first kappa shape index (κ1) is 21.8. The quantitative estimate of drug-likeness (QED) is 0.135. The van der Waals surface area contributed by atoms with E-state index in [1.165, 1.54) is 102 Å². The summed E-state index contributed by atoms with van der Waals surface area (Å²) < 4.78 is 0. The maximum absolute atomic E-state index is 5.54. The Kier molecular flexibility index (Phi) is 7.90. The molecule has 0 aliphatic heterocycles. The largest absolute Gasteiger partial charge is 0.330 e. The molecule has 0 heterocycles. The van der Waals surface area contributed by atoms with Crippen molar-refractivity contribution in [2.45, 2.75) is 64.2 Å². The lowest BCUT2D eigenvalue weighted by atomic mass is 9.92. The molecule has 0 aromatic heterocycles. The van der Waals surface area contributed by atoms with Gasteiger partial charge in [0.2, 0.25) is 0 Å². The average molecular weight is 413 g/mol. The second-order valence-corrected chi connectivity index (χ2v) is 8.87. The van der Waals surface area contributed by atoms with Crippen LogP contribution >= 0.6 is 0 Å². The number of unbranched alkanes of at least 4 members (excludes halogenated alkanes) is 9.